The van der Waals surface area contributed by atoms with Crippen LogP contribution in [0.15, 0.2) is 60.0 Å². The first-order chi connectivity index (χ1) is 13.2. The average Bonchev–Trinajstić information content (AvgIpc) is 3.15. The minimum atomic E-state index is -0.0503. The van der Waals surface area contributed by atoms with Gasteiger partial charge < -0.3 is 10.1 Å². The minimum absolute atomic E-state index is 0.0503. The van der Waals surface area contributed by atoms with Gasteiger partial charge in [0, 0.05) is 19.3 Å². The molecule has 0 saturated heterocycles. The van der Waals surface area contributed by atoms with Crippen molar-refractivity contribution in [2.45, 2.75) is 25.2 Å². The molecule has 0 radical (unpaired) electrons. The summed E-state index contributed by atoms with van der Waals surface area (Å²) >= 11 is 1.36. The number of hydrogen-bond acceptors (Lipinski definition) is 5. The Hall–Kier alpha value is -2.64. The average molecular weight is 382 g/mol. The monoisotopic (exact) mass is 382 g/mol. The summed E-state index contributed by atoms with van der Waals surface area (Å²) in [5, 5.41) is 11.7. The van der Waals surface area contributed by atoms with Gasteiger partial charge in [-0.15, -0.1) is 10.2 Å². The van der Waals surface area contributed by atoms with Crippen LogP contribution in [0.2, 0.25) is 0 Å². The maximum absolute atomic E-state index is 12.3. The summed E-state index contributed by atoms with van der Waals surface area (Å²) in [5.41, 5.74) is 4.30. The highest BCUT2D eigenvalue weighted by molar-refractivity contribution is 7.99. The van der Waals surface area contributed by atoms with E-state index in [4.69, 9.17) is 4.74 Å². The third-order valence-corrected chi connectivity index (χ3v) is 5.00. The third kappa shape index (κ3) is 5.18. The number of thioether (sulfide) groups is 1. The minimum Gasteiger partial charge on any atom is -0.380 e. The first-order valence-corrected chi connectivity index (χ1v) is 9.58. The van der Waals surface area contributed by atoms with Crippen LogP contribution in [0.5, 0.6) is 0 Å². The number of carbonyl (C=O) groups excluding carboxylic acids is 1. The van der Waals surface area contributed by atoms with Crippen molar-refractivity contribution in [2.24, 2.45) is 0 Å². The second kappa shape index (κ2) is 9.34. The number of carbonyl (C=O) groups is 1. The summed E-state index contributed by atoms with van der Waals surface area (Å²) in [6.45, 7) is 3.05. The Bertz CT molecular complexity index is 893. The molecule has 1 aromatic heterocycles. The van der Waals surface area contributed by atoms with E-state index in [1.54, 1.807) is 13.4 Å². The van der Waals surface area contributed by atoms with E-state index < -0.39 is 0 Å². The van der Waals surface area contributed by atoms with Crippen molar-refractivity contribution < 1.29 is 9.53 Å². The third-order valence-electron chi connectivity index (χ3n) is 4.06. The van der Waals surface area contributed by atoms with Crippen LogP contribution < -0.4 is 5.32 Å². The molecule has 0 spiro atoms. The Morgan fingerprint density at radius 3 is 2.63 bits per heavy atom. The van der Waals surface area contributed by atoms with E-state index in [-0.39, 0.29) is 11.7 Å². The molecule has 140 valence electrons. The number of ether oxygens (including phenoxy) is 1. The molecule has 0 atom stereocenters. The number of aryl methyl sites for hydroxylation is 1. The SMILES string of the molecule is COCc1ccccc1CNC(=O)CSc1nncn1-c1ccc(C)cc1. The number of methoxy groups -OCH3 is 1. The summed E-state index contributed by atoms with van der Waals surface area (Å²) in [6.07, 6.45) is 1.66. The molecule has 1 N–H and O–H groups in total. The van der Waals surface area contributed by atoms with Gasteiger partial charge in [-0.3, -0.25) is 9.36 Å². The Morgan fingerprint density at radius 2 is 1.89 bits per heavy atom. The molecular formula is C20H22N4O2S. The first-order valence-electron chi connectivity index (χ1n) is 8.59. The van der Waals surface area contributed by atoms with Crippen molar-refractivity contribution in [2.75, 3.05) is 12.9 Å². The number of aromatic nitrogens is 3. The van der Waals surface area contributed by atoms with Gasteiger partial charge >= 0.3 is 0 Å². The number of rotatable bonds is 8. The van der Waals surface area contributed by atoms with Crippen LogP contribution >= 0.6 is 11.8 Å². The van der Waals surface area contributed by atoms with Crippen molar-refractivity contribution in [1.29, 1.82) is 0 Å². The van der Waals surface area contributed by atoms with Gasteiger partial charge in [-0.05, 0) is 30.2 Å². The fraction of sp³-hybridized carbons (Fsp3) is 0.250. The van der Waals surface area contributed by atoms with Crippen LogP contribution in [0.4, 0.5) is 0 Å². The summed E-state index contributed by atoms with van der Waals surface area (Å²) in [6, 6.07) is 16.0. The van der Waals surface area contributed by atoms with Gasteiger partial charge in [-0.25, -0.2) is 0 Å². The maximum Gasteiger partial charge on any atom is 0.230 e. The van der Waals surface area contributed by atoms with Crippen LogP contribution in [-0.2, 0) is 22.7 Å². The molecule has 0 bridgehead atoms. The number of nitrogens with zero attached hydrogens (tertiary/aromatic N) is 3. The highest BCUT2D eigenvalue weighted by Crippen LogP contribution is 2.19. The highest BCUT2D eigenvalue weighted by atomic mass is 32.2. The molecule has 1 heterocycles. The van der Waals surface area contributed by atoms with Crippen molar-refractivity contribution >= 4 is 17.7 Å². The smallest absolute Gasteiger partial charge is 0.230 e. The lowest BCUT2D eigenvalue weighted by molar-refractivity contribution is -0.118. The number of amides is 1. The van der Waals surface area contributed by atoms with Crippen LogP contribution in [0.3, 0.4) is 0 Å². The van der Waals surface area contributed by atoms with Gasteiger partial charge in [-0.2, -0.15) is 0 Å². The van der Waals surface area contributed by atoms with E-state index in [0.717, 1.165) is 16.8 Å². The number of nitrogens with one attached hydrogen (secondary N) is 1. The van der Waals surface area contributed by atoms with Gasteiger partial charge in [0.2, 0.25) is 5.91 Å². The second-order valence-corrected chi connectivity index (χ2v) is 7.03. The Morgan fingerprint density at radius 1 is 1.15 bits per heavy atom. The van der Waals surface area contributed by atoms with Crippen molar-refractivity contribution in [3.8, 4) is 5.69 Å². The molecule has 1 amide bonds. The van der Waals surface area contributed by atoms with Gasteiger partial charge in [0.25, 0.3) is 0 Å². The van der Waals surface area contributed by atoms with E-state index in [0.29, 0.717) is 18.3 Å². The molecule has 0 aliphatic carbocycles. The quantitative estimate of drug-likeness (QED) is 0.606. The number of hydrogen-bond donors (Lipinski definition) is 1. The molecule has 2 aromatic carbocycles. The van der Waals surface area contributed by atoms with E-state index in [9.17, 15) is 4.79 Å². The van der Waals surface area contributed by atoms with Crippen LogP contribution in [-0.4, -0.2) is 33.5 Å². The topological polar surface area (TPSA) is 69.0 Å². The highest BCUT2D eigenvalue weighted by Gasteiger charge is 2.11. The summed E-state index contributed by atoms with van der Waals surface area (Å²) in [4.78, 5) is 12.3. The van der Waals surface area contributed by atoms with Crippen molar-refractivity contribution in [3.63, 3.8) is 0 Å². The molecule has 6 nitrogen and oxygen atoms in total. The zero-order valence-corrected chi connectivity index (χ0v) is 16.2. The molecule has 3 aromatic rings. The van der Waals surface area contributed by atoms with E-state index in [1.807, 2.05) is 60.0 Å². The predicted octanol–water partition coefficient (Wildman–Crippen LogP) is 3.13. The van der Waals surface area contributed by atoms with Crippen molar-refractivity contribution in [1.82, 2.24) is 20.1 Å². The standard InChI is InChI=1S/C20H22N4O2S/c1-15-7-9-18(10-8-15)24-14-22-23-20(24)27-13-19(25)21-11-16-5-3-4-6-17(16)12-26-2/h3-10,14H,11-13H2,1-2H3,(H,21,25). The number of benzene rings is 2. The lowest BCUT2D eigenvalue weighted by Gasteiger charge is -2.10. The molecule has 0 aliphatic rings. The molecule has 0 fully saturated rings. The Labute approximate surface area is 163 Å². The normalized spacial score (nSPS) is 10.7. The first kappa shape index (κ1) is 19.1. The molecule has 7 heteroatoms. The van der Waals surface area contributed by atoms with Crippen LogP contribution in [0.25, 0.3) is 5.69 Å². The lowest BCUT2D eigenvalue weighted by atomic mass is 10.1. The fourth-order valence-electron chi connectivity index (χ4n) is 2.61. The molecule has 0 saturated carbocycles. The molecular weight excluding hydrogens is 360 g/mol. The van der Waals surface area contributed by atoms with Gasteiger partial charge in [0.1, 0.15) is 6.33 Å². The lowest BCUT2D eigenvalue weighted by Crippen LogP contribution is -2.25. The van der Waals surface area contributed by atoms with Gasteiger partial charge in [-0.1, -0.05) is 53.7 Å². The zero-order chi connectivity index (χ0) is 19.1. The van der Waals surface area contributed by atoms with E-state index in [1.165, 1.54) is 17.3 Å². The predicted molar refractivity (Wildman–Crippen MR) is 106 cm³/mol. The van der Waals surface area contributed by atoms with Gasteiger partial charge in [0.15, 0.2) is 5.16 Å². The molecule has 0 unspecified atom stereocenters. The van der Waals surface area contributed by atoms with E-state index >= 15 is 0 Å². The summed E-state index contributed by atoms with van der Waals surface area (Å²) < 4.78 is 7.08. The summed E-state index contributed by atoms with van der Waals surface area (Å²) in [5.74, 6) is 0.225. The second-order valence-electron chi connectivity index (χ2n) is 6.09. The van der Waals surface area contributed by atoms with Gasteiger partial charge in [0.05, 0.1) is 12.4 Å². The van der Waals surface area contributed by atoms with Crippen LogP contribution in [0, 0.1) is 6.92 Å². The molecule has 27 heavy (non-hydrogen) atoms. The maximum atomic E-state index is 12.3. The Kier molecular flexibility index (Phi) is 6.62. The largest absolute Gasteiger partial charge is 0.380 e. The van der Waals surface area contributed by atoms with Crippen LogP contribution in [0.1, 0.15) is 16.7 Å². The van der Waals surface area contributed by atoms with Crippen molar-refractivity contribution in [3.05, 3.63) is 71.5 Å². The Balaban J connectivity index is 1.56. The fourth-order valence-corrected chi connectivity index (χ4v) is 3.37. The molecule has 3 rings (SSSR count). The van der Waals surface area contributed by atoms with E-state index in [2.05, 4.69) is 15.5 Å². The molecule has 0 aliphatic heterocycles. The zero-order valence-electron chi connectivity index (χ0n) is 15.4. The summed E-state index contributed by atoms with van der Waals surface area (Å²) in [7, 11) is 1.66.